The minimum Gasteiger partial charge on any atom is -0.497 e. The molecule has 0 spiro atoms. The summed E-state index contributed by atoms with van der Waals surface area (Å²) in [6.45, 7) is 2.19. The highest BCUT2D eigenvalue weighted by Gasteiger charge is 2.28. The van der Waals surface area contributed by atoms with E-state index < -0.39 is 5.97 Å². The molecule has 1 N–H and O–H groups in total. The van der Waals surface area contributed by atoms with Gasteiger partial charge in [-0.05, 0) is 67.6 Å². The van der Waals surface area contributed by atoms with Crippen LogP contribution >= 0.6 is 0 Å². The van der Waals surface area contributed by atoms with E-state index in [1.54, 1.807) is 11.8 Å². The number of carboxylic acid groups (broad SMARTS) is 1. The Kier molecular flexibility index (Phi) is 7.29. The van der Waals surface area contributed by atoms with Gasteiger partial charge in [-0.25, -0.2) is 9.67 Å². The Balaban J connectivity index is 1.29. The predicted molar refractivity (Wildman–Crippen MR) is 136 cm³/mol. The smallest absolute Gasteiger partial charge is 0.306 e. The lowest BCUT2D eigenvalue weighted by Gasteiger charge is -2.27. The number of nitrogens with zero attached hydrogens (tertiary/aromatic N) is 8. The van der Waals surface area contributed by atoms with Crippen molar-refractivity contribution < 1.29 is 19.4 Å². The van der Waals surface area contributed by atoms with E-state index in [4.69, 9.17) is 14.5 Å². The molecule has 0 aliphatic heterocycles. The van der Waals surface area contributed by atoms with Gasteiger partial charge in [-0.2, -0.15) is 4.80 Å². The molecule has 12 nitrogen and oxygen atoms in total. The van der Waals surface area contributed by atoms with Gasteiger partial charge in [0.25, 0.3) is 0 Å². The van der Waals surface area contributed by atoms with Crippen molar-refractivity contribution in [3.63, 3.8) is 0 Å². The number of carboxylic acids is 1. The third-order valence-electron chi connectivity index (χ3n) is 6.77. The van der Waals surface area contributed by atoms with Gasteiger partial charge in [0.2, 0.25) is 0 Å². The summed E-state index contributed by atoms with van der Waals surface area (Å²) in [7, 11) is 3.45. The van der Waals surface area contributed by atoms with E-state index in [2.05, 4.69) is 25.7 Å². The molecule has 0 bridgehead atoms. The Labute approximate surface area is 219 Å². The van der Waals surface area contributed by atoms with Crippen molar-refractivity contribution in [1.29, 1.82) is 0 Å². The normalized spacial score (nSPS) is 17.3. The molecule has 0 saturated heterocycles. The van der Waals surface area contributed by atoms with Crippen LogP contribution < -0.4 is 9.47 Å². The molecule has 0 radical (unpaired) electrons. The molecule has 3 aromatic heterocycles. The maximum atomic E-state index is 11.4. The fourth-order valence-electron chi connectivity index (χ4n) is 4.73. The number of pyridine rings is 1. The topological polar surface area (TPSA) is 143 Å². The minimum absolute atomic E-state index is 0.132. The molecule has 1 saturated carbocycles. The summed E-state index contributed by atoms with van der Waals surface area (Å²) in [6, 6.07) is 11.5. The van der Waals surface area contributed by atoms with Gasteiger partial charge in [-0.1, -0.05) is 17.3 Å². The predicted octanol–water partition coefficient (Wildman–Crippen LogP) is 2.84. The summed E-state index contributed by atoms with van der Waals surface area (Å²) >= 11 is 0. The number of hydrogen-bond acceptors (Lipinski definition) is 9. The molecule has 1 aliphatic carbocycles. The van der Waals surface area contributed by atoms with Gasteiger partial charge in [0.1, 0.15) is 23.7 Å². The molecule has 4 aromatic rings. The van der Waals surface area contributed by atoms with Crippen molar-refractivity contribution in [2.45, 2.75) is 51.7 Å². The van der Waals surface area contributed by atoms with Gasteiger partial charge >= 0.3 is 5.97 Å². The molecular weight excluding hydrogens is 488 g/mol. The average Bonchev–Trinajstić information content (AvgIpc) is 3.51. The summed E-state index contributed by atoms with van der Waals surface area (Å²) in [4.78, 5) is 17.6. The number of hydrogen-bond donors (Lipinski definition) is 1. The minimum atomic E-state index is -0.757. The number of aliphatic carboxylic acids is 1. The third kappa shape index (κ3) is 5.63. The van der Waals surface area contributed by atoms with Crippen LogP contribution in [0.2, 0.25) is 0 Å². The second-order valence-electron chi connectivity index (χ2n) is 9.49. The molecule has 1 fully saturated rings. The van der Waals surface area contributed by atoms with Crippen LogP contribution in [0, 0.1) is 12.8 Å². The Bertz CT molecular complexity index is 1430. The number of rotatable bonds is 9. The Morgan fingerprint density at radius 1 is 1.16 bits per heavy atom. The maximum Gasteiger partial charge on any atom is 0.306 e. The van der Waals surface area contributed by atoms with Crippen LogP contribution in [0.15, 0.2) is 36.4 Å². The molecule has 5 rings (SSSR count). The van der Waals surface area contributed by atoms with E-state index in [1.807, 2.05) is 50.4 Å². The first kappa shape index (κ1) is 25.3. The molecule has 3 heterocycles. The van der Waals surface area contributed by atoms with Crippen LogP contribution in [0.3, 0.4) is 0 Å². The fraction of sp³-hybridized carbons (Fsp3) is 0.423. The second-order valence-corrected chi connectivity index (χ2v) is 9.49. The summed E-state index contributed by atoms with van der Waals surface area (Å²) in [5, 5.41) is 30.8. The summed E-state index contributed by atoms with van der Waals surface area (Å²) in [6.07, 6.45) is 3.29. The standard InChI is InChI=1S/C26H30N8O4/c1-16-23(38-20-9-5-7-18(14-20)26(35)36)11-10-21(27-16)25-22(33(2)31-29-25)15-34-30-24(28-32-34)13-17-6-4-8-19(12-17)37-3/h4,6,8,10-12,18,20H,5,7,9,13-15H2,1-3H3,(H,35,36)/t18-,20-/m0/s1. The zero-order valence-corrected chi connectivity index (χ0v) is 21.6. The van der Waals surface area contributed by atoms with Gasteiger partial charge in [-0.15, -0.1) is 15.3 Å². The van der Waals surface area contributed by atoms with Crippen molar-refractivity contribution in [2.75, 3.05) is 7.11 Å². The number of tetrazole rings is 1. The molecular formula is C26H30N8O4. The lowest BCUT2D eigenvalue weighted by Crippen LogP contribution is -2.29. The van der Waals surface area contributed by atoms with Gasteiger partial charge in [0, 0.05) is 13.5 Å². The van der Waals surface area contributed by atoms with E-state index in [-0.39, 0.29) is 12.0 Å². The number of benzene rings is 1. The highest BCUT2D eigenvalue weighted by Crippen LogP contribution is 2.30. The van der Waals surface area contributed by atoms with E-state index >= 15 is 0 Å². The van der Waals surface area contributed by atoms with E-state index in [1.165, 1.54) is 4.80 Å². The lowest BCUT2D eigenvalue weighted by molar-refractivity contribution is -0.143. The third-order valence-corrected chi connectivity index (χ3v) is 6.77. The van der Waals surface area contributed by atoms with Crippen molar-refractivity contribution in [3.05, 3.63) is 59.2 Å². The van der Waals surface area contributed by atoms with Crippen LogP contribution in [0.1, 0.15) is 48.5 Å². The maximum absolute atomic E-state index is 11.4. The highest BCUT2D eigenvalue weighted by molar-refractivity contribution is 5.70. The van der Waals surface area contributed by atoms with Crippen molar-refractivity contribution in [2.24, 2.45) is 13.0 Å². The first-order chi connectivity index (χ1) is 18.4. The first-order valence-electron chi connectivity index (χ1n) is 12.5. The Morgan fingerprint density at radius 3 is 2.82 bits per heavy atom. The van der Waals surface area contributed by atoms with Gasteiger partial charge in [0.05, 0.1) is 36.2 Å². The van der Waals surface area contributed by atoms with Gasteiger partial charge in [0.15, 0.2) is 5.82 Å². The molecule has 1 aromatic carbocycles. The quantitative estimate of drug-likeness (QED) is 0.351. The number of aromatic nitrogens is 8. The summed E-state index contributed by atoms with van der Waals surface area (Å²) in [5.41, 5.74) is 3.79. The molecule has 12 heteroatoms. The molecule has 2 atom stereocenters. The van der Waals surface area contributed by atoms with Crippen LogP contribution in [-0.4, -0.2) is 64.5 Å². The lowest BCUT2D eigenvalue weighted by atomic mass is 9.87. The van der Waals surface area contributed by atoms with Crippen LogP contribution in [0.5, 0.6) is 11.5 Å². The highest BCUT2D eigenvalue weighted by atomic mass is 16.5. The van der Waals surface area contributed by atoms with Gasteiger partial charge in [-0.3, -0.25) is 4.79 Å². The van der Waals surface area contributed by atoms with Crippen molar-refractivity contribution in [1.82, 2.24) is 40.2 Å². The molecule has 198 valence electrons. The molecule has 38 heavy (non-hydrogen) atoms. The van der Waals surface area contributed by atoms with Crippen LogP contribution in [0.25, 0.3) is 11.4 Å². The second kappa shape index (κ2) is 11.0. The molecule has 0 amide bonds. The monoisotopic (exact) mass is 518 g/mol. The van der Waals surface area contributed by atoms with E-state index in [9.17, 15) is 9.90 Å². The zero-order chi connectivity index (χ0) is 26.6. The van der Waals surface area contributed by atoms with Gasteiger partial charge < -0.3 is 14.6 Å². The summed E-state index contributed by atoms with van der Waals surface area (Å²) < 4.78 is 13.1. The Morgan fingerprint density at radius 2 is 2.03 bits per heavy atom. The number of carbonyl (C=O) groups is 1. The SMILES string of the molecule is COc1cccc(Cc2nnn(Cc3c(-c4ccc(O[C@H]5CCC[C@H](C(=O)O)C5)c(C)n4)nnn3C)n2)c1. The van der Waals surface area contributed by atoms with Crippen molar-refractivity contribution >= 4 is 5.97 Å². The largest absolute Gasteiger partial charge is 0.497 e. The van der Waals surface area contributed by atoms with Crippen molar-refractivity contribution in [3.8, 4) is 22.9 Å². The first-order valence-corrected chi connectivity index (χ1v) is 12.5. The van der Waals surface area contributed by atoms with E-state index in [0.29, 0.717) is 54.5 Å². The van der Waals surface area contributed by atoms with Crippen LogP contribution in [0.4, 0.5) is 0 Å². The molecule has 0 unspecified atom stereocenters. The Hall–Kier alpha value is -4.35. The zero-order valence-electron chi connectivity index (χ0n) is 21.6. The summed E-state index contributed by atoms with van der Waals surface area (Å²) in [5.74, 6) is 0.911. The number of methoxy groups -OCH3 is 1. The fourth-order valence-corrected chi connectivity index (χ4v) is 4.73. The number of ether oxygens (including phenoxy) is 2. The van der Waals surface area contributed by atoms with Crippen LogP contribution in [-0.2, 0) is 24.8 Å². The average molecular weight is 519 g/mol. The number of aryl methyl sites for hydroxylation is 2. The van der Waals surface area contributed by atoms with E-state index in [0.717, 1.165) is 29.8 Å². The molecule has 1 aliphatic rings.